The topological polar surface area (TPSA) is 87.7 Å². The molecule has 0 saturated carbocycles. The first-order chi connectivity index (χ1) is 17.9. The van der Waals surface area contributed by atoms with Crippen LogP contribution in [0, 0.1) is 0 Å². The number of rotatable bonds is 9. The number of methoxy groups -OCH3 is 1. The molecule has 3 rings (SSSR count). The van der Waals surface area contributed by atoms with E-state index >= 15 is 0 Å². The third-order valence-electron chi connectivity index (χ3n) is 5.81. The molecule has 6 nitrogen and oxygen atoms in total. The zero-order valence-electron chi connectivity index (χ0n) is 20.5. The van der Waals surface area contributed by atoms with Crippen molar-refractivity contribution in [2.45, 2.75) is 38.5 Å². The lowest BCUT2D eigenvalue weighted by Gasteiger charge is -2.24. The number of halogens is 5. The summed E-state index contributed by atoms with van der Waals surface area (Å²) in [6, 6.07) is 11.4. The monoisotopic (exact) mass is 568 g/mol. The Morgan fingerprint density at radius 1 is 0.974 bits per heavy atom. The van der Waals surface area contributed by atoms with Crippen LogP contribution in [-0.2, 0) is 23.9 Å². The van der Waals surface area contributed by atoms with E-state index in [0.29, 0.717) is 38.0 Å². The van der Waals surface area contributed by atoms with E-state index in [-0.39, 0.29) is 24.9 Å². The quantitative estimate of drug-likeness (QED) is 0.253. The number of aliphatic carboxylic acids is 1. The molecule has 0 heterocycles. The van der Waals surface area contributed by atoms with E-state index in [1.165, 1.54) is 13.2 Å². The molecule has 0 saturated heterocycles. The highest BCUT2D eigenvalue weighted by atomic mass is 35.5. The average Bonchev–Trinajstić information content (AvgIpc) is 2.86. The molecule has 0 bridgehead atoms. The molecular weight excluding hydrogens is 544 g/mol. The number of hydrogen-bond acceptors (Lipinski definition) is 3. The Labute approximate surface area is 227 Å². The Kier molecular flexibility index (Phi) is 9.51. The van der Waals surface area contributed by atoms with Crippen molar-refractivity contribution >= 4 is 35.2 Å². The molecule has 0 radical (unpaired) electrons. The van der Waals surface area contributed by atoms with Gasteiger partial charge >= 0.3 is 18.2 Å². The number of hydrogen-bond donors (Lipinski definition) is 3. The van der Waals surface area contributed by atoms with Crippen LogP contribution < -0.4 is 15.4 Å². The average molecular weight is 569 g/mol. The molecule has 0 aliphatic rings. The fourth-order valence-electron chi connectivity index (χ4n) is 3.96. The normalized spacial score (nSPS) is 12.1. The van der Waals surface area contributed by atoms with Crippen molar-refractivity contribution < 1.29 is 32.6 Å². The van der Waals surface area contributed by atoms with Gasteiger partial charge in [-0.15, -0.1) is 0 Å². The van der Waals surface area contributed by atoms with Gasteiger partial charge in [-0.2, -0.15) is 13.2 Å². The van der Waals surface area contributed by atoms with Gasteiger partial charge in [-0.3, -0.25) is 4.79 Å². The second kappa shape index (κ2) is 12.4. The molecule has 0 aliphatic carbocycles. The summed E-state index contributed by atoms with van der Waals surface area (Å²) in [7, 11) is 1.41. The van der Waals surface area contributed by atoms with Crippen molar-refractivity contribution in [1.82, 2.24) is 10.6 Å². The van der Waals surface area contributed by atoms with Crippen LogP contribution in [-0.4, -0.2) is 24.2 Å². The van der Waals surface area contributed by atoms with Crippen molar-refractivity contribution in [3.63, 3.8) is 0 Å². The minimum atomic E-state index is -4.61. The first-order valence-corrected chi connectivity index (χ1v) is 12.3. The Bertz CT molecular complexity index is 1330. The van der Waals surface area contributed by atoms with Crippen LogP contribution in [0.2, 0.25) is 10.0 Å². The van der Waals surface area contributed by atoms with Gasteiger partial charge in [0.2, 0.25) is 0 Å². The van der Waals surface area contributed by atoms with Crippen LogP contribution in [0.1, 0.15) is 41.6 Å². The maximum absolute atomic E-state index is 13.6. The van der Waals surface area contributed by atoms with Gasteiger partial charge < -0.3 is 20.5 Å². The number of nitrogens with one attached hydrogen (secondary N) is 2. The maximum Gasteiger partial charge on any atom is 0.416 e. The highest BCUT2D eigenvalue weighted by molar-refractivity contribution is 6.42. The van der Waals surface area contributed by atoms with Gasteiger partial charge in [0.25, 0.3) is 0 Å². The highest BCUT2D eigenvalue weighted by Crippen LogP contribution is 2.40. The van der Waals surface area contributed by atoms with Crippen molar-refractivity contribution in [2.24, 2.45) is 0 Å². The molecule has 1 atom stereocenters. The molecule has 38 heavy (non-hydrogen) atoms. The number of urea groups is 1. The fraction of sp³-hybridized carbons (Fsp3) is 0.259. The Hall–Kier alpha value is -3.43. The largest absolute Gasteiger partial charge is 0.496 e. The molecule has 3 aromatic carbocycles. The van der Waals surface area contributed by atoms with Gasteiger partial charge in [-0.1, -0.05) is 48.3 Å². The minimum absolute atomic E-state index is 0.111. The molecule has 0 spiro atoms. The molecule has 2 amide bonds. The second-order valence-corrected chi connectivity index (χ2v) is 9.26. The lowest BCUT2D eigenvalue weighted by atomic mass is 9.90. The van der Waals surface area contributed by atoms with Gasteiger partial charge in [0.15, 0.2) is 0 Å². The zero-order valence-corrected chi connectivity index (χ0v) is 22.0. The summed E-state index contributed by atoms with van der Waals surface area (Å²) in [4.78, 5) is 24.0. The summed E-state index contributed by atoms with van der Waals surface area (Å²) in [5.41, 5.74) is 1.23. The van der Waals surface area contributed by atoms with Crippen molar-refractivity contribution in [2.75, 3.05) is 7.11 Å². The predicted molar refractivity (Wildman–Crippen MR) is 140 cm³/mol. The first-order valence-electron chi connectivity index (χ1n) is 11.5. The molecular formula is C27H25Cl2F3N2O4. The molecule has 3 aromatic rings. The number of carboxylic acids is 1. The van der Waals surface area contributed by atoms with E-state index in [1.54, 1.807) is 43.3 Å². The lowest BCUT2D eigenvalue weighted by molar-refractivity contribution is -0.138. The third-order valence-corrected chi connectivity index (χ3v) is 6.55. The predicted octanol–water partition coefficient (Wildman–Crippen LogP) is 7.27. The number of carboxylic acid groups (broad SMARTS) is 1. The molecule has 3 N–H and O–H groups in total. The molecule has 0 fully saturated rings. The molecule has 1 unspecified atom stereocenters. The van der Waals surface area contributed by atoms with Gasteiger partial charge in [0, 0.05) is 12.1 Å². The van der Waals surface area contributed by atoms with Gasteiger partial charge in [-0.25, -0.2) is 4.79 Å². The van der Waals surface area contributed by atoms with Crippen molar-refractivity contribution in [1.29, 1.82) is 0 Å². The van der Waals surface area contributed by atoms with Crippen LogP contribution in [0.5, 0.6) is 5.75 Å². The number of carbonyl (C=O) groups is 2. The van der Waals surface area contributed by atoms with Gasteiger partial charge in [0.05, 0.1) is 35.2 Å². The van der Waals surface area contributed by atoms with Crippen LogP contribution in [0.3, 0.4) is 0 Å². The molecule has 0 aliphatic heterocycles. The maximum atomic E-state index is 13.6. The number of alkyl halides is 3. The van der Waals surface area contributed by atoms with Crippen LogP contribution in [0.15, 0.2) is 54.6 Å². The number of benzene rings is 3. The summed E-state index contributed by atoms with van der Waals surface area (Å²) in [5.74, 6) is -0.709. The lowest BCUT2D eigenvalue weighted by Crippen LogP contribution is -2.37. The second-order valence-electron chi connectivity index (χ2n) is 8.44. The Balaban J connectivity index is 1.98. The third kappa shape index (κ3) is 7.33. The van der Waals surface area contributed by atoms with E-state index in [4.69, 9.17) is 27.9 Å². The number of carbonyl (C=O) groups excluding carboxylic acids is 1. The first kappa shape index (κ1) is 29.1. The van der Waals surface area contributed by atoms with Crippen LogP contribution in [0.4, 0.5) is 18.0 Å². The van der Waals surface area contributed by atoms with E-state index in [9.17, 15) is 27.9 Å². The summed E-state index contributed by atoms with van der Waals surface area (Å²) in [5, 5.41) is 15.3. The number of amides is 2. The highest BCUT2D eigenvalue weighted by Gasteiger charge is 2.32. The Morgan fingerprint density at radius 2 is 1.68 bits per heavy atom. The number of ether oxygens (including phenoxy) is 1. The van der Waals surface area contributed by atoms with E-state index in [1.807, 2.05) is 0 Å². The van der Waals surface area contributed by atoms with E-state index < -0.39 is 29.8 Å². The molecule has 202 valence electrons. The van der Waals surface area contributed by atoms with Gasteiger partial charge in [0.1, 0.15) is 5.75 Å². The minimum Gasteiger partial charge on any atom is -0.496 e. The van der Waals surface area contributed by atoms with Crippen LogP contribution >= 0.6 is 23.2 Å². The standard InChI is InChI=1S/C27H25Cl2F3N2O4/c1-3-23(34-26(37)33-14-16-4-8-21(28)22(29)11-16)19-13-17(27(30,31)32)6-7-18(19)20-10-15(12-25(35)36)5-9-24(20)38-2/h4-11,13,23H,3,12,14H2,1-2H3,(H,35,36)(H2,33,34,37). The summed E-state index contributed by atoms with van der Waals surface area (Å²) in [6.45, 7) is 1.84. The van der Waals surface area contributed by atoms with Crippen molar-refractivity contribution in [3.05, 3.63) is 86.9 Å². The van der Waals surface area contributed by atoms with Crippen LogP contribution in [0.25, 0.3) is 11.1 Å². The fourth-order valence-corrected chi connectivity index (χ4v) is 4.28. The molecule has 0 aromatic heterocycles. The zero-order chi connectivity index (χ0) is 28.0. The summed E-state index contributed by atoms with van der Waals surface area (Å²) >= 11 is 11.9. The van der Waals surface area contributed by atoms with Gasteiger partial charge in [-0.05, 0) is 65.1 Å². The smallest absolute Gasteiger partial charge is 0.416 e. The molecule has 11 heteroatoms. The van der Waals surface area contributed by atoms with Crippen molar-refractivity contribution in [3.8, 4) is 16.9 Å². The Morgan fingerprint density at radius 3 is 2.29 bits per heavy atom. The van der Waals surface area contributed by atoms with E-state index in [0.717, 1.165) is 12.1 Å². The van der Waals surface area contributed by atoms with E-state index in [2.05, 4.69) is 10.6 Å². The summed E-state index contributed by atoms with van der Waals surface area (Å²) in [6.07, 6.45) is -4.62. The SMILES string of the molecule is CCC(NC(=O)NCc1ccc(Cl)c(Cl)c1)c1cc(C(F)(F)F)ccc1-c1cc(CC(=O)O)ccc1OC. The summed E-state index contributed by atoms with van der Waals surface area (Å²) < 4.78 is 46.4.